The highest BCUT2D eigenvalue weighted by atomic mass is 35.5. The Morgan fingerprint density at radius 2 is 2.13 bits per heavy atom. The molecule has 1 atom stereocenters. The van der Waals surface area contributed by atoms with Crippen molar-refractivity contribution < 1.29 is 4.74 Å². The number of thiazole rings is 1. The third kappa shape index (κ3) is 3.29. The number of hydrogen-bond donors (Lipinski definition) is 2. The van der Waals surface area contributed by atoms with Crippen LogP contribution in [0.2, 0.25) is 9.36 Å². The van der Waals surface area contributed by atoms with Crippen LogP contribution in [-0.2, 0) is 0 Å². The first-order valence-electron chi connectivity index (χ1n) is 6.76. The van der Waals surface area contributed by atoms with Crippen LogP contribution in [-0.4, -0.2) is 17.1 Å². The van der Waals surface area contributed by atoms with Crippen LogP contribution in [0.4, 0.5) is 5.13 Å². The van der Waals surface area contributed by atoms with Crippen molar-refractivity contribution in [1.82, 2.24) is 9.97 Å². The van der Waals surface area contributed by atoms with Crippen molar-refractivity contribution in [2.24, 2.45) is 0 Å². The molecule has 0 aliphatic carbocycles. The van der Waals surface area contributed by atoms with Crippen LogP contribution in [0.15, 0.2) is 29.2 Å². The van der Waals surface area contributed by atoms with Gasteiger partial charge >= 0.3 is 0 Å². The lowest BCUT2D eigenvalue weighted by atomic mass is 10.1. The number of halogens is 2. The summed E-state index contributed by atoms with van der Waals surface area (Å²) < 4.78 is 5.76. The molecule has 120 valence electrons. The maximum absolute atomic E-state index is 12.3. The molecule has 0 saturated heterocycles. The van der Waals surface area contributed by atoms with Gasteiger partial charge in [-0.2, -0.15) is 0 Å². The molecule has 0 aliphatic rings. The highest BCUT2D eigenvalue weighted by molar-refractivity contribution is 7.19. The number of benzene rings is 1. The zero-order valence-electron chi connectivity index (χ0n) is 12.3. The number of rotatable bonds is 4. The molecule has 0 spiro atoms. The number of aromatic amines is 1. The number of ether oxygens (including phenoxy) is 1. The number of methoxy groups -OCH3 is 1. The van der Waals surface area contributed by atoms with Gasteiger partial charge in [-0.3, -0.25) is 4.79 Å². The molecule has 0 saturated carbocycles. The summed E-state index contributed by atoms with van der Waals surface area (Å²) in [5.41, 5.74) is 1.08. The number of nitrogens with zero attached hydrogens (tertiary/aromatic N) is 1. The van der Waals surface area contributed by atoms with E-state index < -0.39 is 0 Å². The smallest absolute Gasteiger partial charge is 0.253 e. The lowest BCUT2D eigenvalue weighted by Gasteiger charge is -2.13. The standard InChI is InChI=1S/C15H13Cl2N3O2S/c1-7(19-15-18-6-13(17)23-15)9-3-8-4-10(16)12(22-2)5-11(8)20-14(9)21/h3-7H,1-2H3,(H,18,19)(H,20,21). The molecule has 2 aromatic heterocycles. The molecule has 1 unspecified atom stereocenters. The van der Waals surface area contributed by atoms with E-state index in [0.29, 0.717) is 31.3 Å². The molecule has 8 heteroatoms. The minimum Gasteiger partial charge on any atom is -0.495 e. The van der Waals surface area contributed by atoms with Gasteiger partial charge in [0.1, 0.15) is 10.1 Å². The van der Waals surface area contributed by atoms with Crippen molar-refractivity contribution in [2.45, 2.75) is 13.0 Å². The first kappa shape index (κ1) is 16.1. The average molecular weight is 370 g/mol. The van der Waals surface area contributed by atoms with Crippen LogP contribution >= 0.6 is 34.5 Å². The van der Waals surface area contributed by atoms with Gasteiger partial charge in [0, 0.05) is 17.0 Å². The number of fused-ring (bicyclic) bond motifs is 1. The fourth-order valence-electron chi connectivity index (χ4n) is 2.29. The Labute approximate surface area is 146 Å². The molecule has 0 amide bonds. The Hall–Kier alpha value is -1.76. The van der Waals surface area contributed by atoms with E-state index >= 15 is 0 Å². The summed E-state index contributed by atoms with van der Waals surface area (Å²) in [6.45, 7) is 1.89. The number of nitrogens with one attached hydrogen (secondary N) is 2. The quantitative estimate of drug-likeness (QED) is 0.711. The van der Waals surface area contributed by atoms with Gasteiger partial charge in [-0.15, -0.1) is 0 Å². The van der Waals surface area contributed by atoms with E-state index in [1.54, 1.807) is 18.3 Å². The molecular formula is C15H13Cl2N3O2S. The summed E-state index contributed by atoms with van der Waals surface area (Å²) in [4.78, 5) is 19.3. The average Bonchev–Trinajstić information content (AvgIpc) is 2.91. The van der Waals surface area contributed by atoms with Gasteiger partial charge < -0.3 is 15.0 Å². The van der Waals surface area contributed by atoms with Gasteiger partial charge in [-0.1, -0.05) is 34.5 Å². The van der Waals surface area contributed by atoms with E-state index in [9.17, 15) is 4.79 Å². The fourth-order valence-corrected chi connectivity index (χ4v) is 3.43. The molecule has 1 aromatic carbocycles. The lowest BCUT2D eigenvalue weighted by molar-refractivity contribution is 0.415. The second-order valence-electron chi connectivity index (χ2n) is 4.96. The largest absolute Gasteiger partial charge is 0.495 e. The molecule has 23 heavy (non-hydrogen) atoms. The van der Waals surface area contributed by atoms with Gasteiger partial charge in [-0.25, -0.2) is 4.98 Å². The molecule has 2 heterocycles. The topological polar surface area (TPSA) is 67.0 Å². The van der Waals surface area contributed by atoms with E-state index in [-0.39, 0.29) is 11.6 Å². The predicted octanol–water partition coefficient (Wildman–Crippen LogP) is 4.47. The molecule has 0 fully saturated rings. The van der Waals surface area contributed by atoms with Gasteiger partial charge in [-0.05, 0) is 19.1 Å². The highest BCUT2D eigenvalue weighted by Crippen LogP contribution is 2.30. The Morgan fingerprint density at radius 3 is 2.78 bits per heavy atom. The van der Waals surface area contributed by atoms with Gasteiger partial charge in [0.25, 0.3) is 5.56 Å². The van der Waals surface area contributed by atoms with Gasteiger partial charge in [0.15, 0.2) is 5.13 Å². The molecule has 0 bridgehead atoms. The summed E-state index contributed by atoms with van der Waals surface area (Å²) in [7, 11) is 1.53. The minimum atomic E-state index is -0.230. The SMILES string of the molecule is COc1cc2[nH]c(=O)c(C(C)Nc3ncc(Cl)s3)cc2cc1Cl. The van der Waals surface area contributed by atoms with Crippen molar-refractivity contribution in [2.75, 3.05) is 12.4 Å². The van der Waals surface area contributed by atoms with Crippen molar-refractivity contribution in [3.63, 3.8) is 0 Å². The van der Waals surface area contributed by atoms with E-state index in [1.165, 1.54) is 18.4 Å². The van der Waals surface area contributed by atoms with Crippen molar-refractivity contribution in [3.8, 4) is 5.75 Å². The monoisotopic (exact) mass is 369 g/mol. The normalized spacial score (nSPS) is 12.3. The number of anilines is 1. The number of aromatic nitrogens is 2. The second-order valence-corrected chi connectivity index (χ2v) is 7.03. The summed E-state index contributed by atoms with van der Waals surface area (Å²) in [6, 6.07) is 5.06. The maximum Gasteiger partial charge on any atom is 0.253 e. The van der Waals surface area contributed by atoms with Gasteiger partial charge in [0.2, 0.25) is 0 Å². The molecule has 3 aromatic rings. The van der Waals surface area contributed by atoms with E-state index in [4.69, 9.17) is 27.9 Å². The number of H-pyrrole nitrogens is 1. The first-order chi connectivity index (χ1) is 11.0. The summed E-state index contributed by atoms with van der Waals surface area (Å²) in [6.07, 6.45) is 1.57. The third-order valence-corrected chi connectivity index (χ3v) is 4.77. The van der Waals surface area contributed by atoms with Crippen molar-refractivity contribution in [3.05, 3.63) is 49.7 Å². The minimum absolute atomic E-state index is 0.176. The van der Waals surface area contributed by atoms with Crippen LogP contribution in [0, 0.1) is 0 Å². The number of pyridine rings is 1. The highest BCUT2D eigenvalue weighted by Gasteiger charge is 2.14. The first-order valence-corrected chi connectivity index (χ1v) is 8.33. The Morgan fingerprint density at radius 1 is 1.35 bits per heavy atom. The summed E-state index contributed by atoms with van der Waals surface area (Å²) in [5, 5.41) is 5.15. The van der Waals surface area contributed by atoms with Gasteiger partial charge in [0.05, 0.1) is 29.9 Å². The lowest BCUT2D eigenvalue weighted by Crippen LogP contribution is -2.19. The van der Waals surface area contributed by atoms with Crippen LogP contribution in [0.25, 0.3) is 10.9 Å². The molecule has 0 radical (unpaired) electrons. The van der Waals surface area contributed by atoms with E-state index in [0.717, 1.165) is 5.39 Å². The zero-order chi connectivity index (χ0) is 16.6. The Kier molecular flexibility index (Phi) is 4.48. The molecule has 0 aliphatic heterocycles. The van der Waals surface area contributed by atoms with E-state index in [2.05, 4.69) is 15.3 Å². The molecule has 3 rings (SSSR count). The summed E-state index contributed by atoms with van der Waals surface area (Å²) in [5.74, 6) is 0.520. The fraction of sp³-hybridized carbons (Fsp3) is 0.200. The zero-order valence-corrected chi connectivity index (χ0v) is 14.6. The van der Waals surface area contributed by atoms with Crippen LogP contribution < -0.4 is 15.6 Å². The Balaban J connectivity index is 2.00. The maximum atomic E-state index is 12.3. The van der Waals surface area contributed by atoms with Crippen LogP contribution in [0.5, 0.6) is 5.75 Å². The van der Waals surface area contributed by atoms with Crippen molar-refractivity contribution in [1.29, 1.82) is 0 Å². The molecular weight excluding hydrogens is 357 g/mol. The van der Waals surface area contributed by atoms with E-state index in [1.807, 2.05) is 13.0 Å². The van der Waals surface area contributed by atoms with Crippen molar-refractivity contribution >= 4 is 50.6 Å². The predicted molar refractivity (Wildman–Crippen MR) is 95.3 cm³/mol. The second kappa shape index (κ2) is 6.39. The number of hydrogen-bond acceptors (Lipinski definition) is 5. The third-order valence-electron chi connectivity index (χ3n) is 3.43. The van der Waals surface area contributed by atoms with Crippen LogP contribution in [0.3, 0.4) is 0 Å². The molecule has 5 nitrogen and oxygen atoms in total. The Bertz CT molecular complexity index is 923. The summed E-state index contributed by atoms with van der Waals surface area (Å²) >= 11 is 13.3. The molecule has 2 N–H and O–H groups in total. The van der Waals surface area contributed by atoms with Crippen LogP contribution in [0.1, 0.15) is 18.5 Å².